The number of rotatable bonds is 4. The standard InChI is InChI=1S/C14H19N7/c1-5-20-14(15-8-16-20)11(4)18-13-6-9(2)17-12-7-10(3)19-21(12)13/h6-8,11,18H,5H2,1-4H3/t11-/m1/s1. The van der Waals surface area contributed by atoms with Crippen LogP contribution in [-0.2, 0) is 6.54 Å². The summed E-state index contributed by atoms with van der Waals surface area (Å²) in [5, 5.41) is 12.1. The zero-order valence-corrected chi connectivity index (χ0v) is 12.7. The number of anilines is 1. The molecule has 3 aromatic rings. The van der Waals surface area contributed by atoms with Gasteiger partial charge in [-0.2, -0.15) is 14.7 Å². The Labute approximate surface area is 123 Å². The molecule has 0 bridgehead atoms. The number of hydrogen-bond acceptors (Lipinski definition) is 5. The Kier molecular flexibility index (Phi) is 3.32. The first-order valence-electron chi connectivity index (χ1n) is 7.06. The van der Waals surface area contributed by atoms with Crippen molar-refractivity contribution in [1.29, 1.82) is 0 Å². The summed E-state index contributed by atoms with van der Waals surface area (Å²) >= 11 is 0. The van der Waals surface area contributed by atoms with E-state index in [-0.39, 0.29) is 6.04 Å². The molecule has 0 saturated carbocycles. The van der Waals surface area contributed by atoms with E-state index in [1.807, 2.05) is 35.2 Å². The quantitative estimate of drug-likeness (QED) is 0.795. The molecule has 7 nitrogen and oxygen atoms in total. The second-order valence-electron chi connectivity index (χ2n) is 5.14. The zero-order chi connectivity index (χ0) is 15.0. The van der Waals surface area contributed by atoms with Gasteiger partial charge in [0.25, 0.3) is 0 Å². The van der Waals surface area contributed by atoms with Crippen LogP contribution >= 0.6 is 0 Å². The van der Waals surface area contributed by atoms with Gasteiger partial charge in [0.15, 0.2) is 5.65 Å². The Morgan fingerprint density at radius 1 is 1.24 bits per heavy atom. The fourth-order valence-corrected chi connectivity index (χ4v) is 2.46. The van der Waals surface area contributed by atoms with Crippen LogP contribution in [-0.4, -0.2) is 29.4 Å². The summed E-state index contributed by atoms with van der Waals surface area (Å²) in [6.45, 7) is 8.86. The molecule has 0 fully saturated rings. The Balaban J connectivity index is 1.97. The van der Waals surface area contributed by atoms with E-state index in [0.29, 0.717) is 0 Å². The Morgan fingerprint density at radius 3 is 2.81 bits per heavy atom. The van der Waals surface area contributed by atoms with Gasteiger partial charge in [-0.05, 0) is 27.7 Å². The maximum Gasteiger partial charge on any atom is 0.157 e. The fraction of sp³-hybridized carbons (Fsp3) is 0.429. The number of fused-ring (bicyclic) bond motifs is 1. The third-order valence-electron chi connectivity index (χ3n) is 3.37. The second kappa shape index (κ2) is 5.16. The summed E-state index contributed by atoms with van der Waals surface area (Å²) in [5.74, 6) is 1.81. The number of aryl methyl sites for hydroxylation is 3. The van der Waals surface area contributed by atoms with Crippen LogP contribution in [0.4, 0.5) is 5.82 Å². The minimum atomic E-state index is 0.0296. The number of hydrogen-bond donors (Lipinski definition) is 1. The van der Waals surface area contributed by atoms with Crippen LogP contribution in [0.3, 0.4) is 0 Å². The molecule has 0 unspecified atom stereocenters. The molecule has 0 spiro atoms. The van der Waals surface area contributed by atoms with Crippen LogP contribution in [0.5, 0.6) is 0 Å². The highest BCUT2D eigenvalue weighted by atomic mass is 15.4. The van der Waals surface area contributed by atoms with Crippen molar-refractivity contribution in [3.63, 3.8) is 0 Å². The third-order valence-corrected chi connectivity index (χ3v) is 3.37. The van der Waals surface area contributed by atoms with Crippen molar-refractivity contribution in [1.82, 2.24) is 29.4 Å². The Morgan fingerprint density at radius 2 is 2.05 bits per heavy atom. The van der Waals surface area contributed by atoms with E-state index in [4.69, 9.17) is 0 Å². The predicted octanol–water partition coefficient (Wildman–Crippen LogP) is 2.13. The van der Waals surface area contributed by atoms with Gasteiger partial charge in [-0.3, -0.25) is 0 Å². The fourth-order valence-electron chi connectivity index (χ4n) is 2.46. The maximum atomic E-state index is 4.49. The van der Waals surface area contributed by atoms with E-state index in [1.54, 1.807) is 6.33 Å². The van der Waals surface area contributed by atoms with Crippen molar-refractivity contribution >= 4 is 11.5 Å². The van der Waals surface area contributed by atoms with Crippen molar-refractivity contribution in [3.8, 4) is 0 Å². The summed E-state index contributed by atoms with van der Waals surface area (Å²) in [4.78, 5) is 8.82. The molecule has 0 aliphatic rings. The smallest absolute Gasteiger partial charge is 0.157 e. The minimum absolute atomic E-state index is 0.0296. The molecule has 1 N–H and O–H groups in total. The number of nitrogens with zero attached hydrogens (tertiary/aromatic N) is 6. The predicted molar refractivity (Wildman–Crippen MR) is 80.2 cm³/mol. The number of nitrogens with one attached hydrogen (secondary N) is 1. The Bertz CT molecular complexity index is 771. The monoisotopic (exact) mass is 285 g/mol. The largest absolute Gasteiger partial charge is 0.360 e. The lowest BCUT2D eigenvalue weighted by molar-refractivity contribution is 0.591. The lowest BCUT2D eigenvalue weighted by Crippen LogP contribution is -2.16. The van der Waals surface area contributed by atoms with Crippen LogP contribution in [0.25, 0.3) is 5.65 Å². The maximum absolute atomic E-state index is 4.49. The van der Waals surface area contributed by atoms with Gasteiger partial charge in [-0.1, -0.05) is 0 Å². The number of aromatic nitrogens is 6. The molecule has 3 rings (SSSR count). The molecule has 0 aliphatic carbocycles. The molecule has 0 aliphatic heterocycles. The average Bonchev–Trinajstić information content (AvgIpc) is 3.03. The van der Waals surface area contributed by atoms with Crippen LogP contribution in [0, 0.1) is 13.8 Å². The highest BCUT2D eigenvalue weighted by Crippen LogP contribution is 2.19. The zero-order valence-electron chi connectivity index (χ0n) is 12.7. The first-order valence-corrected chi connectivity index (χ1v) is 7.06. The van der Waals surface area contributed by atoms with E-state index in [2.05, 4.69) is 39.3 Å². The van der Waals surface area contributed by atoms with Crippen molar-refractivity contribution < 1.29 is 0 Å². The van der Waals surface area contributed by atoms with Gasteiger partial charge < -0.3 is 5.32 Å². The molecule has 1 atom stereocenters. The molecular formula is C14H19N7. The molecule has 0 radical (unpaired) electrons. The van der Waals surface area contributed by atoms with E-state index >= 15 is 0 Å². The molecule has 0 saturated heterocycles. The molecule has 3 aromatic heterocycles. The lowest BCUT2D eigenvalue weighted by Gasteiger charge is -2.16. The van der Waals surface area contributed by atoms with Crippen LogP contribution in [0.15, 0.2) is 18.5 Å². The van der Waals surface area contributed by atoms with Crippen LogP contribution in [0.1, 0.15) is 37.1 Å². The first kappa shape index (κ1) is 13.5. The molecule has 110 valence electrons. The molecular weight excluding hydrogens is 266 g/mol. The van der Waals surface area contributed by atoms with Crippen LogP contribution < -0.4 is 5.32 Å². The molecule has 7 heteroatoms. The van der Waals surface area contributed by atoms with E-state index < -0.39 is 0 Å². The van der Waals surface area contributed by atoms with E-state index in [1.165, 1.54) is 0 Å². The van der Waals surface area contributed by atoms with Crippen molar-refractivity contribution in [3.05, 3.63) is 35.7 Å². The highest BCUT2D eigenvalue weighted by molar-refractivity contribution is 5.50. The van der Waals surface area contributed by atoms with Gasteiger partial charge in [0, 0.05) is 24.4 Å². The topological polar surface area (TPSA) is 72.9 Å². The van der Waals surface area contributed by atoms with Gasteiger partial charge >= 0.3 is 0 Å². The summed E-state index contributed by atoms with van der Waals surface area (Å²) in [6, 6.07) is 3.99. The van der Waals surface area contributed by atoms with E-state index in [0.717, 1.165) is 35.2 Å². The highest BCUT2D eigenvalue weighted by Gasteiger charge is 2.15. The summed E-state index contributed by atoms with van der Waals surface area (Å²) in [5.41, 5.74) is 2.74. The van der Waals surface area contributed by atoms with Crippen molar-refractivity contribution in [2.75, 3.05) is 5.32 Å². The Hall–Kier alpha value is -2.44. The van der Waals surface area contributed by atoms with E-state index in [9.17, 15) is 0 Å². The first-order chi connectivity index (χ1) is 10.1. The SMILES string of the molecule is CCn1ncnc1[C@@H](C)Nc1cc(C)nc2cc(C)nn12. The van der Waals surface area contributed by atoms with Crippen molar-refractivity contribution in [2.24, 2.45) is 0 Å². The minimum Gasteiger partial charge on any atom is -0.360 e. The van der Waals surface area contributed by atoms with Crippen molar-refractivity contribution in [2.45, 2.75) is 40.3 Å². The van der Waals surface area contributed by atoms with Gasteiger partial charge in [-0.25, -0.2) is 14.6 Å². The van der Waals surface area contributed by atoms with Gasteiger partial charge in [0.2, 0.25) is 0 Å². The second-order valence-corrected chi connectivity index (χ2v) is 5.14. The lowest BCUT2D eigenvalue weighted by atomic mass is 10.3. The molecule has 3 heterocycles. The average molecular weight is 285 g/mol. The van der Waals surface area contributed by atoms with Gasteiger partial charge in [-0.15, -0.1) is 0 Å². The van der Waals surface area contributed by atoms with Gasteiger partial charge in [0.1, 0.15) is 18.0 Å². The van der Waals surface area contributed by atoms with Gasteiger partial charge in [0.05, 0.1) is 11.7 Å². The molecule has 0 amide bonds. The summed E-state index contributed by atoms with van der Waals surface area (Å²) < 4.78 is 3.71. The summed E-state index contributed by atoms with van der Waals surface area (Å²) in [6.07, 6.45) is 1.59. The molecule has 0 aromatic carbocycles. The third kappa shape index (κ3) is 2.46. The normalized spacial score (nSPS) is 12.8. The molecule has 21 heavy (non-hydrogen) atoms. The summed E-state index contributed by atoms with van der Waals surface area (Å²) in [7, 11) is 0. The van der Waals surface area contributed by atoms with Crippen LogP contribution in [0.2, 0.25) is 0 Å².